The number of nitrogens with one attached hydrogen (secondary N) is 1. The van der Waals surface area contributed by atoms with Crippen LogP contribution in [0.1, 0.15) is 62.2 Å². The van der Waals surface area contributed by atoms with Gasteiger partial charge in [0.1, 0.15) is 12.3 Å². The number of Topliss-reactive ketones (excluding diaryl/α,β-unsaturated/α-hetero) is 1. The molecule has 0 saturated carbocycles. The van der Waals surface area contributed by atoms with E-state index in [9.17, 15) is 9.59 Å². The first kappa shape index (κ1) is 16.5. The Morgan fingerprint density at radius 3 is 3.04 bits per heavy atom. The minimum absolute atomic E-state index is 0.00122. The van der Waals surface area contributed by atoms with Crippen LogP contribution in [0.5, 0.6) is 0 Å². The van der Waals surface area contributed by atoms with Crippen molar-refractivity contribution in [3.63, 3.8) is 0 Å². The van der Waals surface area contributed by atoms with Crippen LogP contribution in [0.15, 0.2) is 17.5 Å². The third-order valence-corrected chi connectivity index (χ3v) is 6.10. The van der Waals surface area contributed by atoms with Gasteiger partial charge in [-0.25, -0.2) is 4.79 Å². The number of H-pyrrole nitrogens is 1. The second-order valence-electron chi connectivity index (χ2n) is 6.76. The van der Waals surface area contributed by atoms with Crippen LogP contribution in [0.4, 0.5) is 0 Å². The molecule has 1 N–H and O–H groups in total. The molecule has 6 heteroatoms. The number of hydrogen-bond donors (Lipinski definition) is 1. The molecule has 0 aromatic carbocycles. The number of esters is 1. The molecule has 0 unspecified atom stereocenters. The lowest BCUT2D eigenvalue weighted by Gasteiger charge is -2.20. The SMILES string of the molecule is Cc1c(C(=O)OC[C@@H]2CCCO2)[nH]c2c1C(=O)C[C@@H](c1cccs1)C2. The molecule has 1 aliphatic carbocycles. The lowest BCUT2D eigenvalue weighted by molar-refractivity contribution is 0.0156. The Balaban J connectivity index is 1.52. The molecule has 2 aromatic heterocycles. The van der Waals surface area contributed by atoms with E-state index in [2.05, 4.69) is 11.1 Å². The van der Waals surface area contributed by atoms with Crippen LogP contribution in [0.3, 0.4) is 0 Å². The lowest BCUT2D eigenvalue weighted by Crippen LogP contribution is -2.18. The number of carbonyl (C=O) groups excluding carboxylic acids is 2. The Bertz CT molecular complexity index is 787. The summed E-state index contributed by atoms with van der Waals surface area (Å²) in [6, 6.07) is 4.08. The third kappa shape index (κ3) is 3.16. The van der Waals surface area contributed by atoms with E-state index in [1.165, 1.54) is 4.88 Å². The number of ether oxygens (including phenoxy) is 2. The number of carbonyl (C=O) groups is 2. The van der Waals surface area contributed by atoms with Gasteiger partial charge in [0, 0.05) is 35.1 Å². The molecule has 1 fully saturated rings. The summed E-state index contributed by atoms with van der Waals surface area (Å²) in [6.07, 6.45) is 3.18. The Morgan fingerprint density at radius 1 is 1.44 bits per heavy atom. The minimum Gasteiger partial charge on any atom is -0.458 e. The fourth-order valence-electron chi connectivity index (χ4n) is 3.78. The highest BCUT2D eigenvalue weighted by Gasteiger charge is 2.32. The van der Waals surface area contributed by atoms with Crippen molar-refractivity contribution in [3.8, 4) is 0 Å². The summed E-state index contributed by atoms with van der Waals surface area (Å²) < 4.78 is 10.9. The van der Waals surface area contributed by atoms with Gasteiger partial charge in [-0.15, -0.1) is 11.3 Å². The molecule has 25 heavy (non-hydrogen) atoms. The number of hydrogen-bond acceptors (Lipinski definition) is 5. The van der Waals surface area contributed by atoms with Crippen molar-refractivity contribution >= 4 is 23.1 Å². The van der Waals surface area contributed by atoms with Gasteiger partial charge < -0.3 is 14.5 Å². The van der Waals surface area contributed by atoms with Gasteiger partial charge in [-0.3, -0.25) is 4.79 Å². The quantitative estimate of drug-likeness (QED) is 0.847. The summed E-state index contributed by atoms with van der Waals surface area (Å²) in [5.74, 6) is -0.108. The van der Waals surface area contributed by atoms with Crippen LogP contribution in [0, 0.1) is 6.92 Å². The molecule has 0 spiro atoms. The van der Waals surface area contributed by atoms with Crippen LogP contribution < -0.4 is 0 Å². The fourth-order valence-corrected chi connectivity index (χ4v) is 4.61. The second-order valence-corrected chi connectivity index (χ2v) is 7.74. The predicted molar refractivity (Wildman–Crippen MR) is 94.5 cm³/mol. The van der Waals surface area contributed by atoms with Gasteiger partial charge in [0.15, 0.2) is 5.78 Å². The third-order valence-electron chi connectivity index (χ3n) is 5.06. The van der Waals surface area contributed by atoms with E-state index in [4.69, 9.17) is 9.47 Å². The largest absolute Gasteiger partial charge is 0.458 e. The average Bonchev–Trinajstić information content (AvgIpc) is 3.34. The first-order valence-electron chi connectivity index (χ1n) is 8.70. The number of ketones is 1. The normalized spacial score (nSPS) is 22.8. The molecule has 0 bridgehead atoms. The molecule has 5 nitrogen and oxygen atoms in total. The molecule has 2 aliphatic rings. The monoisotopic (exact) mass is 359 g/mol. The zero-order chi connectivity index (χ0) is 17.4. The Hall–Kier alpha value is -1.92. The molecule has 132 valence electrons. The zero-order valence-electron chi connectivity index (χ0n) is 14.2. The molecule has 0 radical (unpaired) electrons. The van der Waals surface area contributed by atoms with Crippen molar-refractivity contribution in [3.05, 3.63) is 44.9 Å². The molecule has 1 aliphatic heterocycles. The van der Waals surface area contributed by atoms with Gasteiger partial charge in [0.05, 0.1) is 6.10 Å². The van der Waals surface area contributed by atoms with E-state index in [-0.39, 0.29) is 24.4 Å². The maximum absolute atomic E-state index is 12.6. The molecular weight excluding hydrogens is 338 g/mol. The second kappa shape index (κ2) is 6.77. The fraction of sp³-hybridized carbons (Fsp3) is 0.474. The Labute approximate surface area is 150 Å². The van der Waals surface area contributed by atoms with E-state index in [0.29, 0.717) is 23.2 Å². The van der Waals surface area contributed by atoms with Gasteiger partial charge in [-0.1, -0.05) is 6.07 Å². The highest BCUT2D eigenvalue weighted by molar-refractivity contribution is 7.10. The van der Waals surface area contributed by atoms with Gasteiger partial charge >= 0.3 is 5.97 Å². The van der Waals surface area contributed by atoms with Gasteiger partial charge in [0.2, 0.25) is 0 Å². The van der Waals surface area contributed by atoms with Crippen LogP contribution in [-0.2, 0) is 15.9 Å². The first-order chi connectivity index (χ1) is 12.1. The molecule has 2 aromatic rings. The standard InChI is InChI=1S/C19H21NO4S/c1-11-17-14(8-12(9-15(17)21)16-5-3-7-25-16)20-18(11)19(22)24-10-13-4-2-6-23-13/h3,5,7,12-13,20H,2,4,6,8-10H2,1H3/t12-,13-/m0/s1. The van der Waals surface area contributed by atoms with Crippen molar-refractivity contribution in [2.75, 3.05) is 13.2 Å². The molecule has 1 saturated heterocycles. The van der Waals surface area contributed by atoms with Crippen molar-refractivity contribution in [2.45, 2.75) is 44.6 Å². The van der Waals surface area contributed by atoms with Gasteiger partial charge in [-0.2, -0.15) is 0 Å². The number of aromatic nitrogens is 1. The van der Waals surface area contributed by atoms with E-state index >= 15 is 0 Å². The highest BCUT2D eigenvalue weighted by atomic mass is 32.1. The highest BCUT2D eigenvalue weighted by Crippen LogP contribution is 2.36. The van der Waals surface area contributed by atoms with Crippen LogP contribution in [-0.4, -0.2) is 36.1 Å². The average molecular weight is 359 g/mol. The zero-order valence-corrected chi connectivity index (χ0v) is 15.0. The minimum atomic E-state index is -0.400. The summed E-state index contributed by atoms with van der Waals surface area (Å²) in [7, 11) is 0. The molecule has 2 atom stereocenters. The maximum atomic E-state index is 12.6. The molecular formula is C19H21NO4S. The van der Waals surface area contributed by atoms with Crippen molar-refractivity contribution < 1.29 is 19.1 Å². The van der Waals surface area contributed by atoms with Crippen molar-refractivity contribution in [1.29, 1.82) is 0 Å². The Kier molecular flexibility index (Phi) is 4.48. The maximum Gasteiger partial charge on any atom is 0.355 e. The predicted octanol–water partition coefficient (Wildman–Crippen LogP) is 3.63. The number of rotatable bonds is 4. The summed E-state index contributed by atoms with van der Waals surface area (Å²) in [6.45, 7) is 2.83. The number of fused-ring (bicyclic) bond motifs is 1. The summed E-state index contributed by atoms with van der Waals surface area (Å²) >= 11 is 1.67. The molecule has 3 heterocycles. The van der Waals surface area contributed by atoms with E-state index < -0.39 is 5.97 Å². The summed E-state index contributed by atoms with van der Waals surface area (Å²) in [5, 5.41) is 2.03. The van der Waals surface area contributed by atoms with E-state index in [0.717, 1.165) is 31.6 Å². The van der Waals surface area contributed by atoms with Crippen LogP contribution in [0.2, 0.25) is 0 Å². The number of aromatic amines is 1. The lowest BCUT2D eigenvalue weighted by atomic mass is 9.84. The van der Waals surface area contributed by atoms with E-state index in [1.54, 1.807) is 11.3 Å². The van der Waals surface area contributed by atoms with Gasteiger partial charge in [0.25, 0.3) is 0 Å². The summed E-state index contributed by atoms with van der Waals surface area (Å²) in [5.41, 5.74) is 2.65. The number of thiophene rings is 1. The van der Waals surface area contributed by atoms with Crippen LogP contribution >= 0.6 is 11.3 Å². The van der Waals surface area contributed by atoms with Crippen molar-refractivity contribution in [2.24, 2.45) is 0 Å². The van der Waals surface area contributed by atoms with E-state index in [1.807, 2.05) is 18.4 Å². The van der Waals surface area contributed by atoms with Gasteiger partial charge in [-0.05, 0) is 43.2 Å². The topological polar surface area (TPSA) is 68.4 Å². The smallest absolute Gasteiger partial charge is 0.355 e. The van der Waals surface area contributed by atoms with Crippen molar-refractivity contribution in [1.82, 2.24) is 4.98 Å². The first-order valence-corrected chi connectivity index (χ1v) is 9.58. The summed E-state index contributed by atoms with van der Waals surface area (Å²) in [4.78, 5) is 29.5. The molecule has 0 amide bonds. The Morgan fingerprint density at radius 2 is 2.32 bits per heavy atom. The van der Waals surface area contributed by atoms with Crippen LogP contribution in [0.25, 0.3) is 0 Å². The molecule has 4 rings (SSSR count).